The van der Waals surface area contributed by atoms with Crippen molar-refractivity contribution in [1.29, 1.82) is 0 Å². The van der Waals surface area contributed by atoms with E-state index in [2.05, 4.69) is 130 Å². The van der Waals surface area contributed by atoms with Crippen molar-refractivity contribution in [2.75, 3.05) is 0 Å². The SMILES string of the molecule is CC1(C)OB(c2ccc3c(c2)C(c2ccccc2)(c2ccc4ncccc4c2)c2ccccc2-3)OC1(C)C. The Morgan fingerprint density at radius 2 is 1.32 bits per heavy atom. The van der Waals surface area contributed by atoms with E-state index >= 15 is 0 Å². The van der Waals surface area contributed by atoms with E-state index in [1.54, 1.807) is 0 Å². The van der Waals surface area contributed by atoms with Gasteiger partial charge in [0, 0.05) is 11.6 Å². The molecule has 2 heterocycles. The van der Waals surface area contributed by atoms with E-state index < -0.39 is 23.7 Å². The van der Waals surface area contributed by atoms with Gasteiger partial charge in [-0.25, -0.2) is 0 Å². The highest BCUT2D eigenvalue weighted by molar-refractivity contribution is 6.62. The van der Waals surface area contributed by atoms with Crippen LogP contribution in [0, 0.1) is 0 Å². The van der Waals surface area contributed by atoms with Crippen LogP contribution in [0.2, 0.25) is 0 Å². The predicted molar refractivity (Wildman–Crippen MR) is 155 cm³/mol. The molecule has 0 radical (unpaired) electrons. The van der Waals surface area contributed by atoms with E-state index in [4.69, 9.17) is 9.31 Å². The van der Waals surface area contributed by atoms with E-state index in [1.807, 2.05) is 12.3 Å². The molecule has 1 aliphatic heterocycles. The lowest BCUT2D eigenvalue weighted by atomic mass is 9.66. The second-order valence-corrected chi connectivity index (χ2v) is 11.5. The molecular formula is C34H30BNO2. The van der Waals surface area contributed by atoms with E-state index in [-0.39, 0.29) is 0 Å². The summed E-state index contributed by atoms with van der Waals surface area (Å²) in [5.41, 5.74) is 8.25. The topological polar surface area (TPSA) is 31.4 Å². The van der Waals surface area contributed by atoms with E-state index in [0.717, 1.165) is 16.4 Å². The molecule has 3 nitrogen and oxygen atoms in total. The minimum Gasteiger partial charge on any atom is -0.399 e. The third-order valence-electron chi connectivity index (χ3n) is 8.84. The summed E-state index contributed by atoms with van der Waals surface area (Å²) in [6.45, 7) is 8.42. The van der Waals surface area contributed by atoms with Crippen molar-refractivity contribution in [3.05, 3.63) is 132 Å². The van der Waals surface area contributed by atoms with Crippen LogP contribution in [-0.4, -0.2) is 23.3 Å². The second kappa shape index (κ2) is 8.13. The fourth-order valence-corrected chi connectivity index (χ4v) is 6.21. The highest BCUT2D eigenvalue weighted by Crippen LogP contribution is 2.56. The third kappa shape index (κ3) is 3.20. The van der Waals surface area contributed by atoms with Gasteiger partial charge in [-0.15, -0.1) is 0 Å². The number of fused-ring (bicyclic) bond motifs is 4. The fourth-order valence-electron chi connectivity index (χ4n) is 6.21. The molecule has 0 bridgehead atoms. The molecule has 1 aliphatic carbocycles. The Labute approximate surface area is 224 Å². The van der Waals surface area contributed by atoms with Crippen LogP contribution in [-0.2, 0) is 14.7 Å². The molecule has 1 aromatic heterocycles. The lowest BCUT2D eigenvalue weighted by Gasteiger charge is -2.34. The van der Waals surface area contributed by atoms with Crippen molar-refractivity contribution in [3.8, 4) is 11.1 Å². The number of hydrogen-bond donors (Lipinski definition) is 0. The molecule has 1 unspecified atom stereocenters. The lowest BCUT2D eigenvalue weighted by Crippen LogP contribution is -2.41. The first kappa shape index (κ1) is 23.4. The molecule has 4 aromatic carbocycles. The molecule has 1 atom stereocenters. The number of aromatic nitrogens is 1. The average Bonchev–Trinajstić information content (AvgIpc) is 3.35. The Bertz CT molecular complexity index is 1680. The molecule has 2 aliphatic rings. The first-order chi connectivity index (χ1) is 18.3. The summed E-state index contributed by atoms with van der Waals surface area (Å²) in [5.74, 6) is 0. The van der Waals surface area contributed by atoms with Crippen LogP contribution in [0.15, 0.2) is 109 Å². The van der Waals surface area contributed by atoms with Crippen molar-refractivity contribution in [1.82, 2.24) is 4.98 Å². The minimum atomic E-state index is -0.489. The van der Waals surface area contributed by atoms with E-state index in [1.165, 1.54) is 33.4 Å². The molecule has 1 saturated heterocycles. The second-order valence-electron chi connectivity index (χ2n) is 11.5. The van der Waals surface area contributed by atoms with Gasteiger partial charge in [0.15, 0.2) is 0 Å². The maximum absolute atomic E-state index is 6.49. The molecule has 5 aromatic rings. The molecule has 1 fully saturated rings. The molecule has 38 heavy (non-hydrogen) atoms. The summed E-state index contributed by atoms with van der Waals surface area (Å²) in [6.07, 6.45) is 1.85. The van der Waals surface area contributed by atoms with Gasteiger partial charge in [0.05, 0.1) is 22.1 Å². The molecule has 0 saturated carbocycles. The number of pyridine rings is 1. The van der Waals surface area contributed by atoms with Crippen molar-refractivity contribution < 1.29 is 9.31 Å². The Balaban J connectivity index is 1.53. The van der Waals surface area contributed by atoms with Crippen molar-refractivity contribution >= 4 is 23.5 Å². The van der Waals surface area contributed by atoms with Crippen LogP contribution in [0.5, 0.6) is 0 Å². The highest BCUT2D eigenvalue weighted by Gasteiger charge is 2.53. The molecular weight excluding hydrogens is 465 g/mol. The Morgan fingerprint density at radius 1 is 0.605 bits per heavy atom. The summed E-state index contributed by atoms with van der Waals surface area (Å²) in [4.78, 5) is 4.59. The standard InChI is InChI=1S/C34H30BNO2/c1-32(2)33(3,4)38-35(37-32)26-17-18-28-27-14-8-9-15-29(27)34(30(28)22-26,24-12-6-5-7-13-24)25-16-19-31-23(21-25)11-10-20-36-31/h5-22H,1-4H3. The zero-order valence-corrected chi connectivity index (χ0v) is 22.2. The molecule has 7 rings (SSSR count). The van der Waals surface area contributed by atoms with Gasteiger partial charge < -0.3 is 9.31 Å². The van der Waals surface area contributed by atoms with Gasteiger partial charge in [0.1, 0.15) is 0 Å². The summed E-state index contributed by atoms with van der Waals surface area (Å²) >= 11 is 0. The van der Waals surface area contributed by atoms with Gasteiger partial charge in [0.2, 0.25) is 0 Å². The minimum absolute atomic E-state index is 0.401. The largest absolute Gasteiger partial charge is 0.494 e. The van der Waals surface area contributed by atoms with Gasteiger partial charge in [-0.1, -0.05) is 84.9 Å². The average molecular weight is 495 g/mol. The number of rotatable bonds is 3. The Morgan fingerprint density at radius 3 is 2.11 bits per heavy atom. The third-order valence-corrected chi connectivity index (χ3v) is 8.84. The van der Waals surface area contributed by atoms with E-state index in [0.29, 0.717) is 0 Å². The zero-order valence-electron chi connectivity index (χ0n) is 22.2. The predicted octanol–water partition coefficient (Wildman–Crippen LogP) is 6.90. The van der Waals surface area contributed by atoms with Crippen molar-refractivity contribution in [2.45, 2.75) is 44.3 Å². The maximum atomic E-state index is 6.49. The summed E-state index contributed by atoms with van der Waals surface area (Å²) in [7, 11) is -0.428. The Hall–Kier alpha value is -3.73. The Kier molecular flexibility index (Phi) is 5.01. The molecule has 0 spiro atoms. The fraction of sp³-hybridized carbons (Fsp3) is 0.206. The molecule has 0 amide bonds. The maximum Gasteiger partial charge on any atom is 0.494 e. The number of benzene rings is 4. The van der Waals surface area contributed by atoms with Crippen LogP contribution in [0.25, 0.3) is 22.0 Å². The summed E-state index contributed by atoms with van der Waals surface area (Å²) in [5, 5.41) is 1.13. The summed E-state index contributed by atoms with van der Waals surface area (Å²) < 4.78 is 13.0. The highest BCUT2D eigenvalue weighted by atomic mass is 16.7. The molecule has 0 N–H and O–H groups in total. The molecule has 4 heteroatoms. The van der Waals surface area contributed by atoms with Crippen LogP contribution in [0.4, 0.5) is 0 Å². The van der Waals surface area contributed by atoms with Crippen LogP contribution < -0.4 is 5.46 Å². The van der Waals surface area contributed by atoms with Gasteiger partial charge in [-0.3, -0.25) is 4.98 Å². The van der Waals surface area contributed by atoms with Crippen LogP contribution in [0.1, 0.15) is 49.9 Å². The van der Waals surface area contributed by atoms with Gasteiger partial charge in [-0.2, -0.15) is 0 Å². The van der Waals surface area contributed by atoms with Gasteiger partial charge in [-0.05, 0) is 84.7 Å². The quantitative estimate of drug-likeness (QED) is 0.251. The number of hydrogen-bond acceptors (Lipinski definition) is 3. The smallest absolute Gasteiger partial charge is 0.399 e. The molecule has 186 valence electrons. The van der Waals surface area contributed by atoms with Crippen LogP contribution in [0.3, 0.4) is 0 Å². The number of nitrogens with zero attached hydrogens (tertiary/aromatic N) is 1. The normalized spacial score (nSPS) is 20.9. The van der Waals surface area contributed by atoms with Crippen molar-refractivity contribution in [3.63, 3.8) is 0 Å². The first-order valence-corrected chi connectivity index (χ1v) is 13.3. The first-order valence-electron chi connectivity index (χ1n) is 13.3. The van der Waals surface area contributed by atoms with Crippen molar-refractivity contribution in [2.24, 2.45) is 0 Å². The zero-order chi connectivity index (χ0) is 26.1. The van der Waals surface area contributed by atoms with Gasteiger partial charge in [0.25, 0.3) is 0 Å². The van der Waals surface area contributed by atoms with Gasteiger partial charge >= 0.3 is 7.12 Å². The monoisotopic (exact) mass is 495 g/mol. The lowest BCUT2D eigenvalue weighted by molar-refractivity contribution is 0.00578. The van der Waals surface area contributed by atoms with Crippen LogP contribution >= 0.6 is 0 Å². The summed E-state index contributed by atoms with van der Waals surface area (Å²) in [6, 6.07) is 37.3. The van der Waals surface area contributed by atoms with E-state index in [9.17, 15) is 0 Å².